The molecular formula is C19H25N5O2. The average Bonchev–Trinajstić information content (AvgIpc) is 3.11. The van der Waals surface area contributed by atoms with Crippen LogP contribution in [-0.2, 0) is 6.54 Å². The van der Waals surface area contributed by atoms with Crippen LogP contribution in [0.2, 0.25) is 0 Å². The van der Waals surface area contributed by atoms with Crippen molar-refractivity contribution in [3.8, 4) is 5.75 Å². The molecule has 0 spiro atoms. The van der Waals surface area contributed by atoms with Crippen LogP contribution in [0, 0.1) is 13.8 Å². The molecule has 26 heavy (non-hydrogen) atoms. The topological polar surface area (TPSA) is 93.4 Å². The summed E-state index contributed by atoms with van der Waals surface area (Å²) in [6.45, 7) is 6.35. The van der Waals surface area contributed by atoms with Gasteiger partial charge in [-0.2, -0.15) is 0 Å². The minimum atomic E-state index is -0.596. The molecular weight excluding hydrogens is 330 g/mol. The Kier molecular flexibility index (Phi) is 5.37. The number of primary amides is 1. The Morgan fingerprint density at radius 3 is 2.92 bits per heavy atom. The molecule has 1 aliphatic rings. The molecule has 1 aromatic carbocycles. The normalized spacial score (nSPS) is 16.7. The Morgan fingerprint density at radius 2 is 2.19 bits per heavy atom. The first-order valence-corrected chi connectivity index (χ1v) is 8.74. The third-order valence-electron chi connectivity index (χ3n) is 4.80. The molecule has 1 aromatic heterocycles. The zero-order valence-corrected chi connectivity index (χ0v) is 15.5. The fourth-order valence-corrected chi connectivity index (χ4v) is 3.20. The average molecular weight is 355 g/mol. The molecule has 3 N–H and O–H groups in total. The van der Waals surface area contributed by atoms with Gasteiger partial charge >= 0.3 is 0 Å². The van der Waals surface area contributed by atoms with Gasteiger partial charge in [0.1, 0.15) is 11.6 Å². The van der Waals surface area contributed by atoms with Crippen molar-refractivity contribution < 1.29 is 9.53 Å². The van der Waals surface area contributed by atoms with E-state index in [0.29, 0.717) is 6.04 Å². The van der Waals surface area contributed by atoms with Gasteiger partial charge in [-0.1, -0.05) is 12.1 Å². The monoisotopic (exact) mass is 355 g/mol. The summed E-state index contributed by atoms with van der Waals surface area (Å²) in [6.07, 6.45) is 1.01. The summed E-state index contributed by atoms with van der Waals surface area (Å²) in [5.74, 6) is 1.15. The number of amides is 1. The molecule has 3 rings (SSSR count). The van der Waals surface area contributed by atoms with E-state index in [1.54, 1.807) is 7.11 Å². The second-order valence-electron chi connectivity index (χ2n) is 6.61. The van der Waals surface area contributed by atoms with E-state index in [2.05, 4.69) is 26.3 Å². The van der Waals surface area contributed by atoms with Crippen LogP contribution in [0.3, 0.4) is 0 Å². The minimum absolute atomic E-state index is 0.0795. The quantitative estimate of drug-likeness (QED) is 0.817. The van der Waals surface area contributed by atoms with E-state index in [4.69, 9.17) is 10.5 Å². The molecule has 138 valence electrons. The maximum Gasteiger partial charge on any atom is 0.286 e. The number of nitrogens with one attached hydrogen (secondary N) is 1. The van der Waals surface area contributed by atoms with Crippen molar-refractivity contribution in [3.63, 3.8) is 0 Å². The number of rotatable bonds is 6. The lowest BCUT2D eigenvalue weighted by atomic mass is 10.2. The van der Waals surface area contributed by atoms with Crippen molar-refractivity contribution in [2.45, 2.75) is 32.9 Å². The smallest absolute Gasteiger partial charge is 0.286 e. The van der Waals surface area contributed by atoms with Crippen LogP contribution in [0.5, 0.6) is 5.75 Å². The molecule has 0 aliphatic carbocycles. The van der Waals surface area contributed by atoms with Crippen LogP contribution in [0.15, 0.2) is 24.3 Å². The van der Waals surface area contributed by atoms with Crippen LogP contribution in [0.4, 0.5) is 5.82 Å². The molecule has 0 bridgehead atoms. The summed E-state index contributed by atoms with van der Waals surface area (Å²) in [5.41, 5.74) is 8.32. The molecule has 0 saturated carbocycles. The summed E-state index contributed by atoms with van der Waals surface area (Å²) in [7, 11) is 1.67. The molecule has 2 aromatic rings. The van der Waals surface area contributed by atoms with Gasteiger partial charge in [-0.3, -0.25) is 4.79 Å². The van der Waals surface area contributed by atoms with E-state index in [9.17, 15) is 4.79 Å². The number of carbonyl (C=O) groups excluding carboxylic acids is 1. The first kappa shape index (κ1) is 18.1. The van der Waals surface area contributed by atoms with Gasteiger partial charge in [-0.25, -0.2) is 9.97 Å². The van der Waals surface area contributed by atoms with Gasteiger partial charge in [-0.05, 0) is 38.0 Å². The van der Waals surface area contributed by atoms with Crippen molar-refractivity contribution in [2.24, 2.45) is 5.73 Å². The van der Waals surface area contributed by atoms with Crippen LogP contribution >= 0.6 is 0 Å². The van der Waals surface area contributed by atoms with Crippen LogP contribution in [0.25, 0.3) is 0 Å². The van der Waals surface area contributed by atoms with Crippen molar-refractivity contribution in [2.75, 3.05) is 25.1 Å². The standard InChI is InChI=1S/C19H25N5O2/c1-12-13(2)22-18(17(20)25)23-19(12)24-8-7-15(11-24)21-10-14-5-4-6-16(9-14)26-3/h4-6,9,15,21H,7-8,10-11H2,1-3H3,(H2,20,25)/t15-/m1/s1. The van der Waals surface area contributed by atoms with E-state index in [1.807, 2.05) is 32.0 Å². The van der Waals surface area contributed by atoms with Gasteiger partial charge in [0.2, 0.25) is 5.82 Å². The van der Waals surface area contributed by atoms with E-state index in [0.717, 1.165) is 48.9 Å². The van der Waals surface area contributed by atoms with Gasteiger partial charge in [0.25, 0.3) is 5.91 Å². The Labute approximate surface area is 153 Å². The molecule has 1 saturated heterocycles. The van der Waals surface area contributed by atoms with E-state index in [-0.39, 0.29) is 5.82 Å². The lowest BCUT2D eigenvalue weighted by Crippen LogP contribution is -2.33. The highest BCUT2D eigenvalue weighted by Gasteiger charge is 2.26. The molecule has 1 atom stereocenters. The number of nitrogens with zero attached hydrogens (tertiary/aromatic N) is 3. The number of carbonyl (C=O) groups is 1. The first-order chi connectivity index (χ1) is 12.5. The SMILES string of the molecule is COc1cccc(CN[C@@H]2CCN(c3nc(C(N)=O)nc(C)c3C)C2)c1. The van der Waals surface area contributed by atoms with Crippen LogP contribution in [0.1, 0.15) is 33.9 Å². The number of anilines is 1. The molecule has 7 nitrogen and oxygen atoms in total. The lowest BCUT2D eigenvalue weighted by Gasteiger charge is -2.21. The van der Waals surface area contributed by atoms with Gasteiger partial charge in [0, 0.05) is 36.9 Å². The third-order valence-corrected chi connectivity index (χ3v) is 4.80. The predicted octanol–water partition coefficient (Wildman–Crippen LogP) is 1.57. The molecule has 2 heterocycles. The number of methoxy groups -OCH3 is 1. The summed E-state index contributed by atoms with van der Waals surface area (Å²) < 4.78 is 5.27. The maximum atomic E-state index is 11.5. The highest BCUT2D eigenvalue weighted by molar-refractivity contribution is 5.89. The Hall–Kier alpha value is -2.67. The van der Waals surface area contributed by atoms with Crippen molar-refractivity contribution in [1.82, 2.24) is 15.3 Å². The van der Waals surface area contributed by atoms with Gasteiger partial charge < -0.3 is 20.7 Å². The Bertz CT molecular complexity index is 809. The highest BCUT2D eigenvalue weighted by Crippen LogP contribution is 2.24. The van der Waals surface area contributed by atoms with Crippen molar-refractivity contribution >= 4 is 11.7 Å². The second kappa shape index (κ2) is 7.70. The number of nitrogens with two attached hydrogens (primary N) is 1. The van der Waals surface area contributed by atoms with E-state index in [1.165, 1.54) is 5.56 Å². The third kappa shape index (κ3) is 3.94. The number of aromatic nitrogens is 2. The largest absolute Gasteiger partial charge is 0.497 e. The van der Waals surface area contributed by atoms with Gasteiger partial charge in [0.05, 0.1) is 7.11 Å². The molecule has 1 aliphatic heterocycles. The zero-order chi connectivity index (χ0) is 18.7. The number of hydrogen-bond donors (Lipinski definition) is 2. The van der Waals surface area contributed by atoms with E-state index < -0.39 is 5.91 Å². The maximum absolute atomic E-state index is 11.5. The number of ether oxygens (including phenoxy) is 1. The Balaban J connectivity index is 1.66. The molecule has 1 amide bonds. The molecule has 0 radical (unpaired) electrons. The number of aryl methyl sites for hydroxylation is 1. The molecule has 1 fully saturated rings. The molecule has 0 unspecified atom stereocenters. The summed E-state index contributed by atoms with van der Waals surface area (Å²) >= 11 is 0. The first-order valence-electron chi connectivity index (χ1n) is 8.74. The van der Waals surface area contributed by atoms with Crippen LogP contribution in [-0.4, -0.2) is 42.1 Å². The van der Waals surface area contributed by atoms with E-state index >= 15 is 0 Å². The fourth-order valence-electron chi connectivity index (χ4n) is 3.20. The fraction of sp³-hybridized carbons (Fsp3) is 0.421. The minimum Gasteiger partial charge on any atom is -0.497 e. The summed E-state index contributed by atoms with van der Waals surface area (Å²) in [4.78, 5) is 22.2. The second-order valence-corrected chi connectivity index (χ2v) is 6.61. The summed E-state index contributed by atoms with van der Waals surface area (Å²) in [6, 6.07) is 8.41. The van der Waals surface area contributed by atoms with Crippen molar-refractivity contribution in [3.05, 3.63) is 46.9 Å². The molecule has 7 heteroatoms. The zero-order valence-electron chi connectivity index (χ0n) is 15.5. The van der Waals surface area contributed by atoms with Gasteiger partial charge in [-0.15, -0.1) is 0 Å². The summed E-state index contributed by atoms with van der Waals surface area (Å²) in [5, 5.41) is 3.59. The van der Waals surface area contributed by atoms with Crippen LogP contribution < -0.4 is 20.7 Å². The Morgan fingerprint density at radius 1 is 1.38 bits per heavy atom. The number of hydrogen-bond acceptors (Lipinski definition) is 6. The highest BCUT2D eigenvalue weighted by atomic mass is 16.5. The predicted molar refractivity (Wildman–Crippen MR) is 100 cm³/mol. The van der Waals surface area contributed by atoms with Crippen molar-refractivity contribution in [1.29, 1.82) is 0 Å². The van der Waals surface area contributed by atoms with Gasteiger partial charge in [0.15, 0.2) is 0 Å². The lowest BCUT2D eigenvalue weighted by molar-refractivity contribution is 0.0990. The number of benzene rings is 1.